The molecule has 3 rings (SSSR count). The summed E-state index contributed by atoms with van der Waals surface area (Å²) in [6.07, 6.45) is 2.64. The molecule has 2 aromatic rings. The second-order valence-electron chi connectivity index (χ2n) is 6.58. The van der Waals surface area contributed by atoms with Gasteiger partial charge in [-0.3, -0.25) is 4.72 Å². The van der Waals surface area contributed by atoms with Crippen molar-refractivity contribution in [3.63, 3.8) is 0 Å². The third-order valence-electron chi connectivity index (χ3n) is 4.61. The van der Waals surface area contributed by atoms with E-state index in [0.29, 0.717) is 18.5 Å². The minimum atomic E-state index is -4.01. The van der Waals surface area contributed by atoms with Gasteiger partial charge in [0.05, 0.1) is 23.0 Å². The van der Waals surface area contributed by atoms with Crippen molar-refractivity contribution >= 4 is 61.5 Å². The Morgan fingerprint density at radius 2 is 1.83 bits per heavy atom. The molecule has 0 radical (unpaired) electrons. The molecule has 0 atom stereocenters. The van der Waals surface area contributed by atoms with Crippen LogP contribution in [-0.2, 0) is 10.2 Å². The molecule has 0 amide bonds. The molecule has 1 aliphatic rings. The molecule has 0 spiro atoms. The molecule has 0 aliphatic carbocycles. The molecule has 1 aliphatic heterocycles. The first kappa shape index (κ1) is 23.2. The van der Waals surface area contributed by atoms with Crippen molar-refractivity contribution in [2.45, 2.75) is 12.8 Å². The zero-order valence-corrected chi connectivity index (χ0v) is 19.4. The molecule has 2 aromatic carbocycles. The highest BCUT2D eigenvalue weighted by Gasteiger charge is 2.27. The van der Waals surface area contributed by atoms with Crippen LogP contribution in [0.5, 0.6) is 0 Å². The predicted octanol–water partition coefficient (Wildman–Crippen LogP) is 4.64. The largest absolute Gasteiger partial charge is 0.392 e. The van der Waals surface area contributed by atoms with Gasteiger partial charge >= 0.3 is 10.2 Å². The highest BCUT2D eigenvalue weighted by atomic mass is 127. The quantitative estimate of drug-likeness (QED) is 0.350. The summed E-state index contributed by atoms with van der Waals surface area (Å²) < 4.78 is 58.4. The molecule has 3 N–H and O–H groups in total. The van der Waals surface area contributed by atoms with Crippen LogP contribution in [0.2, 0.25) is 5.02 Å². The van der Waals surface area contributed by atoms with Crippen LogP contribution in [0, 0.1) is 15.2 Å². The molecular weight excluding hydrogens is 551 g/mol. The Morgan fingerprint density at radius 3 is 2.47 bits per heavy atom. The van der Waals surface area contributed by atoms with Crippen LogP contribution >= 0.6 is 34.2 Å². The Bertz CT molecular complexity index is 1070. The fourth-order valence-corrected chi connectivity index (χ4v) is 5.18. The number of aliphatic hydroxyl groups excluding tert-OH is 1. The van der Waals surface area contributed by atoms with E-state index in [2.05, 4.69) is 32.6 Å². The maximum absolute atomic E-state index is 14.6. The first-order valence-electron chi connectivity index (χ1n) is 8.98. The van der Waals surface area contributed by atoms with E-state index >= 15 is 0 Å². The predicted molar refractivity (Wildman–Crippen MR) is 122 cm³/mol. The molecule has 1 fully saturated rings. The Hall–Kier alpha value is -1.47. The van der Waals surface area contributed by atoms with Gasteiger partial charge in [0.2, 0.25) is 0 Å². The molecular formula is C19H19ClF2IN3O3S. The summed E-state index contributed by atoms with van der Waals surface area (Å²) in [4.78, 5) is 0. The molecule has 1 saturated heterocycles. The van der Waals surface area contributed by atoms with Crippen molar-refractivity contribution in [1.82, 2.24) is 4.31 Å². The van der Waals surface area contributed by atoms with Crippen molar-refractivity contribution in [1.29, 1.82) is 0 Å². The Kier molecular flexibility index (Phi) is 7.56. The number of benzene rings is 2. The zero-order chi connectivity index (χ0) is 21.9. The zero-order valence-electron chi connectivity index (χ0n) is 15.6. The van der Waals surface area contributed by atoms with E-state index in [1.165, 1.54) is 4.31 Å². The van der Waals surface area contributed by atoms with Gasteiger partial charge in [0.15, 0.2) is 11.6 Å². The average Bonchev–Trinajstić information content (AvgIpc) is 2.70. The average molecular weight is 570 g/mol. The fraction of sp³-hybridized carbons (Fsp3) is 0.263. The lowest BCUT2D eigenvalue weighted by Gasteiger charge is -2.28. The third-order valence-corrected chi connectivity index (χ3v) is 7.12. The van der Waals surface area contributed by atoms with Crippen molar-refractivity contribution in [3.8, 4) is 0 Å². The summed E-state index contributed by atoms with van der Waals surface area (Å²) in [6.45, 7) is 0.346. The first-order valence-corrected chi connectivity index (χ1v) is 11.9. The smallest absolute Gasteiger partial charge is 0.301 e. The van der Waals surface area contributed by atoms with Gasteiger partial charge in [-0.25, -0.2) is 8.78 Å². The monoisotopic (exact) mass is 569 g/mol. The Labute approximate surface area is 192 Å². The van der Waals surface area contributed by atoms with Crippen LogP contribution in [0.25, 0.3) is 0 Å². The van der Waals surface area contributed by atoms with E-state index in [0.717, 1.165) is 21.3 Å². The molecule has 30 heavy (non-hydrogen) atoms. The lowest BCUT2D eigenvalue weighted by atomic mass is 10.1. The van der Waals surface area contributed by atoms with E-state index < -0.39 is 21.8 Å². The first-order chi connectivity index (χ1) is 14.2. The van der Waals surface area contributed by atoms with Gasteiger partial charge in [-0.05, 0) is 65.8 Å². The van der Waals surface area contributed by atoms with Gasteiger partial charge in [0.1, 0.15) is 5.69 Å². The van der Waals surface area contributed by atoms with Gasteiger partial charge in [0.25, 0.3) is 0 Å². The van der Waals surface area contributed by atoms with Crippen LogP contribution in [0.1, 0.15) is 12.8 Å². The number of aliphatic hydroxyl groups is 1. The Balaban J connectivity index is 1.87. The van der Waals surface area contributed by atoms with Crippen LogP contribution in [-0.4, -0.2) is 37.5 Å². The molecule has 1 heterocycles. The van der Waals surface area contributed by atoms with Crippen LogP contribution in [0.3, 0.4) is 0 Å². The summed E-state index contributed by atoms with van der Waals surface area (Å²) >= 11 is 8.22. The third kappa shape index (κ3) is 5.41. The summed E-state index contributed by atoms with van der Waals surface area (Å²) in [6, 6.07) is 6.95. The summed E-state index contributed by atoms with van der Waals surface area (Å²) in [5.74, 6) is -2.35. The number of nitrogens with one attached hydrogen (secondary N) is 2. The molecule has 0 saturated carbocycles. The van der Waals surface area contributed by atoms with Gasteiger partial charge in [-0.2, -0.15) is 12.7 Å². The molecule has 0 bridgehead atoms. The van der Waals surface area contributed by atoms with E-state index in [1.54, 1.807) is 24.3 Å². The van der Waals surface area contributed by atoms with Crippen LogP contribution in [0.4, 0.5) is 25.8 Å². The van der Waals surface area contributed by atoms with Gasteiger partial charge in [-0.1, -0.05) is 23.3 Å². The normalized spacial score (nSPS) is 15.2. The fourth-order valence-electron chi connectivity index (χ4n) is 3.03. The van der Waals surface area contributed by atoms with Crippen LogP contribution < -0.4 is 10.0 Å². The molecule has 0 unspecified atom stereocenters. The summed E-state index contributed by atoms with van der Waals surface area (Å²) in [5, 5.41) is 11.9. The number of nitrogens with zero attached hydrogens (tertiary/aromatic N) is 1. The molecule has 162 valence electrons. The second-order valence-corrected chi connectivity index (χ2v) is 9.91. The summed E-state index contributed by atoms with van der Waals surface area (Å²) in [7, 11) is -4.01. The molecule has 0 aromatic heterocycles. The van der Waals surface area contributed by atoms with Crippen molar-refractivity contribution in [2.24, 2.45) is 0 Å². The number of hydrogen-bond acceptors (Lipinski definition) is 4. The lowest BCUT2D eigenvalue weighted by molar-refractivity contribution is 0.337. The number of piperidine rings is 1. The van der Waals surface area contributed by atoms with Crippen molar-refractivity contribution in [3.05, 3.63) is 62.2 Å². The number of rotatable bonds is 6. The number of anilines is 3. The maximum Gasteiger partial charge on any atom is 0.301 e. The van der Waals surface area contributed by atoms with E-state index in [4.69, 9.17) is 16.7 Å². The van der Waals surface area contributed by atoms with Crippen molar-refractivity contribution in [2.75, 3.05) is 29.7 Å². The van der Waals surface area contributed by atoms with E-state index in [1.807, 2.05) is 0 Å². The topological polar surface area (TPSA) is 81.7 Å². The van der Waals surface area contributed by atoms with Gasteiger partial charge < -0.3 is 10.4 Å². The van der Waals surface area contributed by atoms with Crippen LogP contribution in [0.15, 0.2) is 42.0 Å². The Morgan fingerprint density at radius 1 is 1.17 bits per heavy atom. The van der Waals surface area contributed by atoms with Gasteiger partial charge in [0, 0.05) is 16.7 Å². The molecule has 6 nitrogen and oxygen atoms in total. The SMILES string of the molecule is O=S(=O)(Nc1ccc(F)c(F)c1Nc1ccc(I)cc1Cl)N1CCC(=CCO)CC1. The lowest BCUT2D eigenvalue weighted by Crippen LogP contribution is -2.40. The number of hydrogen-bond donors (Lipinski definition) is 3. The highest BCUT2D eigenvalue weighted by Crippen LogP contribution is 2.34. The molecule has 11 heteroatoms. The van der Waals surface area contributed by atoms with E-state index in [9.17, 15) is 17.2 Å². The number of halogens is 4. The van der Waals surface area contributed by atoms with Crippen molar-refractivity contribution < 1.29 is 22.3 Å². The summed E-state index contributed by atoms with van der Waals surface area (Å²) in [5.41, 5.74) is 0.783. The minimum absolute atomic E-state index is 0.0919. The van der Waals surface area contributed by atoms with E-state index in [-0.39, 0.29) is 36.1 Å². The standard InChI is InChI=1S/C19H19ClF2IN3O3S/c20-14-11-13(23)1-3-16(14)24-19-17(4-2-15(21)18(19)22)25-30(28,29)26-8-5-12(6-9-26)7-10-27/h1-4,7,11,24-25,27H,5-6,8-10H2. The minimum Gasteiger partial charge on any atom is -0.392 e. The van der Waals surface area contributed by atoms with Gasteiger partial charge in [-0.15, -0.1) is 0 Å². The second kappa shape index (κ2) is 9.77. The highest BCUT2D eigenvalue weighted by molar-refractivity contribution is 14.1. The maximum atomic E-state index is 14.6.